The minimum atomic E-state index is -0.282. The Morgan fingerprint density at radius 2 is 0.356 bits per heavy atom. The van der Waals surface area contributed by atoms with Crippen LogP contribution in [0.3, 0.4) is 0 Å². The zero-order chi connectivity index (χ0) is 103. The number of unbranched alkanes of at least 4 members (excludes halogenated alkanes) is 20. The van der Waals surface area contributed by atoms with Gasteiger partial charge in [0.25, 0.3) is 0 Å². The van der Waals surface area contributed by atoms with Crippen LogP contribution in [0.25, 0.3) is 166 Å². The van der Waals surface area contributed by atoms with Crippen molar-refractivity contribution in [1.82, 2.24) is 0 Å². The summed E-state index contributed by atoms with van der Waals surface area (Å²) in [5, 5.41) is 5.32. The quantitative estimate of drug-likeness (QED) is 0.0353. The summed E-state index contributed by atoms with van der Waals surface area (Å²) in [6.45, 7) is 48.5. The van der Waals surface area contributed by atoms with Gasteiger partial charge in [-0.05, 0) is 377 Å². The van der Waals surface area contributed by atoms with Crippen molar-refractivity contribution in [1.29, 1.82) is 0 Å². The molecule has 0 N–H and O–H groups in total. The summed E-state index contributed by atoms with van der Waals surface area (Å²) in [6, 6.07) is 114. The zero-order valence-corrected chi connectivity index (χ0v) is 93.9. The highest BCUT2D eigenvalue weighted by molar-refractivity contribution is 6.13. The van der Waals surface area contributed by atoms with Crippen molar-refractivity contribution in [2.24, 2.45) is 0 Å². The Kier molecular flexibility index (Phi) is 25.9. The minimum Gasteiger partial charge on any atom is -0.0654 e. The largest absolute Gasteiger partial charge is 0.0654 e. The summed E-state index contributed by atoms with van der Waals surface area (Å²) in [4.78, 5) is 0. The molecule has 0 amide bonds. The van der Waals surface area contributed by atoms with Crippen LogP contribution in [0, 0.1) is 0 Å². The molecule has 0 fully saturated rings. The normalized spacial score (nSPS) is 15.8. The molecule has 0 atom stereocenters. The second kappa shape index (κ2) is 38.4. The molecule has 0 unspecified atom stereocenters. The van der Waals surface area contributed by atoms with E-state index in [1.165, 1.54) is 413 Å². The van der Waals surface area contributed by atoms with E-state index in [-0.39, 0.29) is 48.7 Å². The van der Waals surface area contributed by atoms with Gasteiger partial charge in [0, 0.05) is 37.9 Å². The summed E-state index contributed by atoms with van der Waals surface area (Å²) in [5.41, 5.74) is 57.6. The van der Waals surface area contributed by atoms with E-state index in [0.717, 1.165) is 0 Å². The highest BCUT2D eigenvalue weighted by Gasteiger charge is 2.50. The van der Waals surface area contributed by atoms with Gasteiger partial charge in [0.15, 0.2) is 0 Å². The Bertz CT molecular complexity index is 7440. The van der Waals surface area contributed by atoms with Crippen molar-refractivity contribution in [3.63, 3.8) is 0 Å². The van der Waals surface area contributed by atoms with Crippen molar-refractivity contribution < 1.29 is 0 Å². The van der Waals surface area contributed by atoms with E-state index < -0.39 is 0 Å². The van der Waals surface area contributed by atoms with Crippen LogP contribution in [-0.4, -0.2) is 0 Å². The van der Waals surface area contributed by atoms with Crippen molar-refractivity contribution in [2.45, 2.75) is 367 Å². The first-order valence-electron chi connectivity index (χ1n) is 58.7. The Morgan fingerprint density at radius 3 is 0.631 bits per heavy atom. The summed E-state index contributed by atoms with van der Waals surface area (Å²) in [6.07, 6.45) is 36.0. The molecule has 16 aromatic rings. The molecule has 23 rings (SSSR count). The van der Waals surface area contributed by atoms with Gasteiger partial charge >= 0.3 is 0 Å². The molecule has 0 heteroatoms. The summed E-state index contributed by atoms with van der Waals surface area (Å²) in [7, 11) is 0. The maximum Gasteiger partial charge on any atom is 0.0215 e. The van der Waals surface area contributed by atoms with Crippen LogP contribution in [0.15, 0.2) is 279 Å². The topological polar surface area (TPSA) is 0 Å². The molecule has 0 aromatic heterocycles. The van der Waals surface area contributed by atoms with Crippen LogP contribution >= 0.6 is 0 Å². The monoisotopic (exact) mass is 1950 g/mol. The Morgan fingerprint density at radius 1 is 0.161 bits per heavy atom. The average Bonchev–Trinajstić information content (AvgIpc) is 1.51. The first-order chi connectivity index (χ1) is 71.7. The van der Waals surface area contributed by atoms with Gasteiger partial charge in [0.05, 0.1) is 0 Å². The predicted octanol–water partition coefficient (Wildman–Crippen LogP) is 43.7. The van der Waals surface area contributed by atoms with Gasteiger partial charge in [-0.3, -0.25) is 0 Å². The molecule has 16 aromatic carbocycles. The van der Waals surface area contributed by atoms with Gasteiger partial charge in [-0.2, -0.15) is 0 Å². The third-order valence-corrected chi connectivity index (χ3v) is 38.6. The smallest absolute Gasteiger partial charge is 0.0215 e. The van der Waals surface area contributed by atoms with Gasteiger partial charge in [-0.15, -0.1) is 0 Å². The Labute approximate surface area is 894 Å². The van der Waals surface area contributed by atoms with E-state index in [9.17, 15) is 0 Å². The number of rotatable bonds is 34. The van der Waals surface area contributed by atoms with Gasteiger partial charge in [0.1, 0.15) is 0 Å². The third-order valence-electron chi connectivity index (χ3n) is 38.6. The minimum absolute atomic E-state index is 0.0571. The van der Waals surface area contributed by atoms with Crippen molar-refractivity contribution >= 4 is 21.5 Å². The van der Waals surface area contributed by atoms with Crippen LogP contribution < -0.4 is 0 Å². The van der Waals surface area contributed by atoms with Gasteiger partial charge < -0.3 is 0 Å². The fourth-order valence-electron chi connectivity index (χ4n) is 29.7. The van der Waals surface area contributed by atoms with Crippen LogP contribution in [0.5, 0.6) is 0 Å². The molecule has 0 radical (unpaired) electrons. The van der Waals surface area contributed by atoms with Crippen LogP contribution in [0.1, 0.15) is 407 Å². The first kappa shape index (κ1) is 100. The van der Waals surface area contributed by atoms with Crippen LogP contribution in [-0.2, 0) is 48.7 Å². The Balaban J connectivity index is 0.540. The molecule has 0 bridgehead atoms. The number of hydrogen-bond donors (Lipinski definition) is 0. The first-order valence-corrected chi connectivity index (χ1v) is 58.7. The molecule has 758 valence electrons. The lowest BCUT2D eigenvalue weighted by atomic mass is 9.70. The Hall–Kier alpha value is -12.0. The lowest BCUT2D eigenvalue weighted by Crippen LogP contribution is -2.25. The molecule has 149 heavy (non-hydrogen) atoms. The van der Waals surface area contributed by atoms with Gasteiger partial charge in [0.2, 0.25) is 0 Å². The highest BCUT2D eigenvalue weighted by atomic mass is 14.5. The van der Waals surface area contributed by atoms with E-state index in [0.29, 0.717) is 0 Å². The van der Waals surface area contributed by atoms with E-state index in [4.69, 9.17) is 0 Å². The molecule has 0 heterocycles. The SMILES string of the molecule is CCCCCCCCC1(CCCCCCCC)c2cc(-c3ccc(C(C)(C)C)cc3)ccc2-c2ccc(-c3ccc4c(c3)C(C)(C)c3cc(-c5cc6c(c7ccccc57)-c5cc7c(cc5C6(C)C)-c5cc6c(cc5C7(C)C)-c5c(cc(-c7ccc8c(c7)C(C)(C)c7cc(-c9ccc%10c(c9)C(CCCCCCCC)(CCCCCCCC)c9cc(-c%11ccc(C(C)(C)C)cc%11)ccc9-%10)ccc7-8)c7ccccc57)C6(C)C)ccc3-4)cc21. The van der Waals surface area contributed by atoms with Gasteiger partial charge in [-0.25, -0.2) is 0 Å². The average molecular weight is 1950 g/mol. The molecular formula is C149H162. The van der Waals surface area contributed by atoms with Crippen molar-refractivity contribution in [3.8, 4) is 145 Å². The van der Waals surface area contributed by atoms with Crippen LogP contribution in [0.2, 0.25) is 0 Å². The summed E-state index contributed by atoms with van der Waals surface area (Å²) >= 11 is 0. The second-order valence-corrected chi connectivity index (χ2v) is 51.8. The van der Waals surface area contributed by atoms with Crippen LogP contribution in [0.4, 0.5) is 0 Å². The summed E-state index contributed by atoms with van der Waals surface area (Å²) in [5.74, 6) is 0. The lowest BCUT2D eigenvalue weighted by molar-refractivity contribution is 0.398. The van der Waals surface area contributed by atoms with E-state index in [1.807, 2.05) is 0 Å². The van der Waals surface area contributed by atoms with E-state index in [1.54, 1.807) is 22.3 Å². The predicted molar refractivity (Wildman–Crippen MR) is 644 cm³/mol. The standard InChI is InChI=1S/C149H162/c1-21-25-29-33-37-45-77-148(78-46-38-34-30-26-22-2)133-83-97(95-53-65-105(66-54-95)141(5,6)7)57-71-113(133)115-73-61-101(85-135(115)148)99-59-69-109-111-75-63-103(87-127(111)143(11,12)125(109)81-99)119-89-137-139(117-51-43-41-49-107(117)119)123-93-129-121(91-131(123)146(137,17)18)122-92-132-124(94-130(122)145(129,15)16)140-118-52-44-42-50-108(118)120(90-138(140)147(132,19)20)104-64-76-112-110-70-60-100(82-126(110)144(13,14)128(112)88-104)102-62-74-116-114-72-58-98(96-55-67-106(68-56-96)142(8,9)10)84-134(114)149(136(116)86-102,79-47-39-35-31-27-23-3)80-48-40-36-32-28-24-4/h41-44,49-76,81-94H,21-40,45-48,77-80H2,1-20H3. The summed E-state index contributed by atoms with van der Waals surface area (Å²) < 4.78 is 0. The van der Waals surface area contributed by atoms with Gasteiger partial charge in [-0.1, -0.05) is 487 Å². The number of fused-ring (bicyclic) bond motifs is 25. The molecule has 0 saturated heterocycles. The lowest BCUT2D eigenvalue weighted by Gasteiger charge is -2.33. The van der Waals surface area contributed by atoms with Crippen molar-refractivity contribution in [2.75, 3.05) is 0 Å². The molecule has 7 aliphatic carbocycles. The maximum atomic E-state index is 2.69. The molecule has 0 aliphatic heterocycles. The molecule has 0 saturated carbocycles. The molecular weight excluding hydrogens is 1790 g/mol. The molecule has 7 aliphatic rings. The highest BCUT2D eigenvalue weighted by Crippen LogP contribution is 2.66. The van der Waals surface area contributed by atoms with E-state index in [2.05, 4.69) is 418 Å². The molecule has 0 nitrogen and oxygen atoms in total. The van der Waals surface area contributed by atoms with Crippen molar-refractivity contribution in [3.05, 3.63) is 368 Å². The zero-order valence-electron chi connectivity index (χ0n) is 93.9. The maximum absolute atomic E-state index is 2.69. The van der Waals surface area contributed by atoms with E-state index >= 15 is 0 Å². The molecule has 0 spiro atoms. The third kappa shape index (κ3) is 16.7. The number of hydrogen-bond acceptors (Lipinski definition) is 0. The fourth-order valence-corrected chi connectivity index (χ4v) is 29.7. The second-order valence-electron chi connectivity index (χ2n) is 51.8. The number of benzene rings is 16. The fraction of sp³-hybridized carbons (Fsp3) is 0.383.